The first kappa shape index (κ1) is 23.6. The Morgan fingerprint density at radius 3 is 2.48 bits per heavy atom. The molecule has 7 nitrogen and oxygen atoms in total. The highest BCUT2D eigenvalue weighted by atomic mass is 127. The van der Waals surface area contributed by atoms with Gasteiger partial charge in [0.15, 0.2) is 5.96 Å². The third kappa shape index (κ3) is 7.58. The van der Waals surface area contributed by atoms with Crippen molar-refractivity contribution in [2.45, 2.75) is 52.7 Å². The molecule has 1 saturated heterocycles. The fraction of sp³-hybridized carbons (Fsp3) is 0.571. The third-order valence-corrected chi connectivity index (χ3v) is 5.05. The minimum atomic E-state index is 0. The Morgan fingerprint density at radius 1 is 1.07 bits per heavy atom. The molecule has 0 unspecified atom stereocenters. The number of likely N-dealkylation sites (tertiary alicyclic amines) is 1. The molecule has 1 aromatic carbocycles. The zero-order valence-corrected chi connectivity index (χ0v) is 19.9. The molecule has 2 N–H and O–H groups in total. The molecule has 0 amide bonds. The van der Waals surface area contributed by atoms with Crippen LogP contribution in [0.15, 0.2) is 35.6 Å². The van der Waals surface area contributed by atoms with Crippen LogP contribution in [-0.2, 0) is 26.1 Å². The molecule has 160 valence electrons. The number of halogens is 1. The summed E-state index contributed by atoms with van der Waals surface area (Å²) in [4.78, 5) is 7.25. The van der Waals surface area contributed by atoms with Gasteiger partial charge in [-0.1, -0.05) is 31.2 Å². The van der Waals surface area contributed by atoms with Crippen molar-refractivity contribution in [2.24, 2.45) is 4.99 Å². The maximum absolute atomic E-state index is 4.72. The van der Waals surface area contributed by atoms with Crippen LogP contribution in [0.2, 0.25) is 0 Å². The molecule has 0 atom stereocenters. The molecule has 29 heavy (non-hydrogen) atoms. The van der Waals surface area contributed by atoms with Crippen molar-refractivity contribution in [1.29, 1.82) is 0 Å². The molecule has 1 fully saturated rings. The molecule has 3 rings (SSSR count). The van der Waals surface area contributed by atoms with Gasteiger partial charge in [-0.15, -0.1) is 34.2 Å². The molecule has 1 aliphatic rings. The highest BCUT2D eigenvalue weighted by Crippen LogP contribution is 2.13. The maximum atomic E-state index is 4.72. The number of aromatic nitrogens is 3. The lowest BCUT2D eigenvalue weighted by Crippen LogP contribution is -2.38. The van der Waals surface area contributed by atoms with Crippen LogP contribution in [0.1, 0.15) is 43.6 Å². The Labute approximate surface area is 191 Å². The molecule has 1 aromatic heterocycles. The van der Waals surface area contributed by atoms with Crippen molar-refractivity contribution < 1.29 is 0 Å². The average molecular weight is 511 g/mol. The fourth-order valence-electron chi connectivity index (χ4n) is 3.50. The van der Waals surface area contributed by atoms with Gasteiger partial charge in [0.05, 0.1) is 6.54 Å². The molecule has 1 aliphatic heterocycles. The molecule has 0 spiro atoms. The van der Waals surface area contributed by atoms with Gasteiger partial charge in [-0.2, -0.15) is 0 Å². The van der Waals surface area contributed by atoms with Gasteiger partial charge in [-0.3, -0.25) is 4.90 Å². The van der Waals surface area contributed by atoms with Crippen LogP contribution >= 0.6 is 24.0 Å². The second kappa shape index (κ2) is 12.8. The largest absolute Gasteiger partial charge is 0.357 e. The van der Waals surface area contributed by atoms with E-state index in [9.17, 15) is 0 Å². The summed E-state index contributed by atoms with van der Waals surface area (Å²) in [5.74, 6) is 1.85. The van der Waals surface area contributed by atoms with Crippen LogP contribution < -0.4 is 10.6 Å². The number of benzene rings is 1. The Balaban J connectivity index is 0.00000300. The topological polar surface area (TPSA) is 70.4 Å². The molecule has 2 heterocycles. The molecule has 2 aromatic rings. The summed E-state index contributed by atoms with van der Waals surface area (Å²) < 4.78 is 2.08. The SMILES string of the molecule is CCNC(=NCc1ccc(CN2CCCC2)cc1)NCCn1cnnc1CC.I. The molecule has 0 radical (unpaired) electrons. The zero-order valence-electron chi connectivity index (χ0n) is 17.6. The highest BCUT2D eigenvalue weighted by molar-refractivity contribution is 14.0. The summed E-state index contributed by atoms with van der Waals surface area (Å²) in [7, 11) is 0. The lowest BCUT2D eigenvalue weighted by Gasteiger charge is -2.14. The Morgan fingerprint density at radius 2 is 1.79 bits per heavy atom. The van der Waals surface area contributed by atoms with E-state index in [0.29, 0.717) is 6.54 Å². The fourth-order valence-corrected chi connectivity index (χ4v) is 3.50. The van der Waals surface area contributed by atoms with E-state index >= 15 is 0 Å². The van der Waals surface area contributed by atoms with Gasteiger partial charge in [0.2, 0.25) is 0 Å². The number of rotatable bonds is 9. The standard InChI is InChI=1S/C21H33N7.HI/c1-3-20-26-25-17-28(20)14-11-23-21(22-4-2)24-15-18-7-9-19(10-8-18)16-27-12-5-6-13-27;/h7-10,17H,3-6,11-16H2,1-2H3,(H2,22,23,24);1H. The van der Waals surface area contributed by atoms with Gasteiger partial charge >= 0.3 is 0 Å². The molecule has 0 bridgehead atoms. The summed E-state index contributed by atoms with van der Waals surface area (Å²) in [6.45, 7) is 10.8. The molecule has 0 saturated carbocycles. The predicted octanol–water partition coefficient (Wildman–Crippen LogP) is 2.81. The van der Waals surface area contributed by atoms with Crippen LogP contribution in [0.5, 0.6) is 0 Å². The normalized spacial score (nSPS) is 14.6. The van der Waals surface area contributed by atoms with Gasteiger partial charge in [0, 0.05) is 32.6 Å². The quantitative estimate of drug-likeness (QED) is 0.308. The Hall–Kier alpha value is -1.68. The molecule has 8 heteroatoms. The monoisotopic (exact) mass is 511 g/mol. The maximum Gasteiger partial charge on any atom is 0.191 e. The van der Waals surface area contributed by atoms with E-state index in [0.717, 1.165) is 44.4 Å². The third-order valence-electron chi connectivity index (χ3n) is 5.05. The van der Waals surface area contributed by atoms with Gasteiger partial charge in [-0.25, -0.2) is 4.99 Å². The smallest absolute Gasteiger partial charge is 0.191 e. The first-order chi connectivity index (χ1) is 13.8. The van der Waals surface area contributed by atoms with Crippen molar-refractivity contribution in [3.8, 4) is 0 Å². The van der Waals surface area contributed by atoms with E-state index in [1.165, 1.54) is 37.1 Å². The minimum absolute atomic E-state index is 0. The number of guanidine groups is 1. The van der Waals surface area contributed by atoms with Gasteiger partial charge in [-0.05, 0) is 44.0 Å². The number of aliphatic imine (C=N–C) groups is 1. The second-order valence-electron chi connectivity index (χ2n) is 7.22. The van der Waals surface area contributed by atoms with Crippen molar-refractivity contribution in [3.05, 3.63) is 47.5 Å². The van der Waals surface area contributed by atoms with Crippen molar-refractivity contribution in [3.63, 3.8) is 0 Å². The first-order valence-electron chi connectivity index (χ1n) is 10.5. The van der Waals surface area contributed by atoms with E-state index in [2.05, 4.69) is 68.4 Å². The first-order valence-corrected chi connectivity index (χ1v) is 10.5. The summed E-state index contributed by atoms with van der Waals surface area (Å²) in [6.07, 6.45) is 5.35. The molecular weight excluding hydrogens is 477 g/mol. The lowest BCUT2D eigenvalue weighted by molar-refractivity contribution is 0.331. The number of aryl methyl sites for hydroxylation is 1. The Kier molecular flexibility index (Phi) is 10.4. The van der Waals surface area contributed by atoms with Gasteiger partial charge < -0.3 is 15.2 Å². The van der Waals surface area contributed by atoms with Crippen LogP contribution in [0.25, 0.3) is 0 Å². The number of nitrogens with zero attached hydrogens (tertiary/aromatic N) is 5. The van der Waals surface area contributed by atoms with Crippen LogP contribution in [0.3, 0.4) is 0 Å². The van der Waals surface area contributed by atoms with E-state index in [-0.39, 0.29) is 24.0 Å². The zero-order chi connectivity index (χ0) is 19.6. The molecular formula is C21H34IN7. The summed E-state index contributed by atoms with van der Waals surface area (Å²) in [5.41, 5.74) is 2.62. The van der Waals surface area contributed by atoms with Gasteiger partial charge in [0.25, 0.3) is 0 Å². The number of nitrogens with one attached hydrogen (secondary N) is 2. The van der Waals surface area contributed by atoms with E-state index in [4.69, 9.17) is 4.99 Å². The molecule has 0 aliphatic carbocycles. The second-order valence-corrected chi connectivity index (χ2v) is 7.22. The summed E-state index contributed by atoms with van der Waals surface area (Å²) in [5, 5.41) is 14.8. The van der Waals surface area contributed by atoms with E-state index in [1.54, 1.807) is 6.33 Å². The number of hydrogen-bond donors (Lipinski definition) is 2. The van der Waals surface area contributed by atoms with E-state index in [1.807, 2.05) is 0 Å². The van der Waals surface area contributed by atoms with Crippen molar-refractivity contribution in [1.82, 2.24) is 30.3 Å². The highest BCUT2D eigenvalue weighted by Gasteiger charge is 2.11. The minimum Gasteiger partial charge on any atom is -0.357 e. The van der Waals surface area contributed by atoms with E-state index < -0.39 is 0 Å². The van der Waals surface area contributed by atoms with Crippen molar-refractivity contribution in [2.75, 3.05) is 26.2 Å². The van der Waals surface area contributed by atoms with Crippen molar-refractivity contribution >= 4 is 29.9 Å². The van der Waals surface area contributed by atoms with Crippen LogP contribution in [0.4, 0.5) is 0 Å². The lowest BCUT2D eigenvalue weighted by atomic mass is 10.1. The summed E-state index contributed by atoms with van der Waals surface area (Å²) in [6, 6.07) is 8.87. The average Bonchev–Trinajstić information content (AvgIpc) is 3.39. The Bertz CT molecular complexity index is 736. The number of hydrogen-bond acceptors (Lipinski definition) is 4. The van der Waals surface area contributed by atoms with Gasteiger partial charge in [0.1, 0.15) is 12.2 Å². The predicted molar refractivity (Wildman–Crippen MR) is 129 cm³/mol. The summed E-state index contributed by atoms with van der Waals surface area (Å²) >= 11 is 0. The van der Waals surface area contributed by atoms with Crippen LogP contribution in [-0.4, -0.2) is 51.8 Å². The van der Waals surface area contributed by atoms with Crippen LogP contribution in [0, 0.1) is 0 Å².